The van der Waals surface area contributed by atoms with Crippen LogP contribution in [0.5, 0.6) is 11.5 Å². The molecule has 1 atom stereocenters. The van der Waals surface area contributed by atoms with E-state index >= 15 is 0 Å². The van der Waals surface area contributed by atoms with Crippen molar-refractivity contribution in [3.8, 4) is 11.5 Å². The van der Waals surface area contributed by atoms with Crippen LogP contribution < -0.4 is 19.9 Å². The summed E-state index contributed by atoms with van der Waals surface area (Å²) in [7, 11) is 3.19. The highest BCUT2D eigenvalue weighted by atomic mass is 32.2. The Morgan fingerprint density at radius 2 is 2.03 bits per heavy atom. The van der Waals surface area contributed by atoms with Crippen LogP contribution in [0.4, 0.5) is 5.69 Å². The monoisotopic (exact) mass is 431 g/mol. The summed E-state index contributed by atoms with van der Waals surface area (Å²) in [5, 5.41) is 4.34. The Morgan fingerprint density at radius 1 is 1.20 bits per heavy atom. The van der Waals surface area contributed by atoms with Crippen molar-refractivity contribution in [3.63, 3.8) is 0 Å². The highest BCUT2D eigenvalue weighted by Gasteiger charge is 2.30. The van der Waals surface area contributed by atoms with Crippen LogP contribution in [-0.2, 0) is 16.0 Å². The number of anilines is 1. The van der Waals surface area contributed by atoms with Gasteiger partial charge in [-0.05, 0) is 43.4 Å². The van der Waals surface area contributed by atoms with Crippen molar-refractivity contribution in [2.75, 3.05) is 38.0 Å². The maximum absolute atomic E-state index is 13.0. The van der Waals surface area contributed by atoms with Gasteiger partial charge in [0.05, 0.1) is 31.9 Å². The molecule has 1 fully saturated rings. The molecule has 2 aromatic rings. The number of fused-ring (bicyclic) bond motifs is 1. The quantitative estimate of drug-likeness (QED) is 0.695. The molecular formula is C21H25N3O5S. The van der Waals surface area contributed by atoms with Gasteiger partial charge in [-0.2, -0.15) is 9.78 Å². The van der Waals surface area contributed by atoms with Gasteiger partial charge in [-0.3, -0.25) is 9.59 Å². The lowest BCUT2D eigenvalue weighted by Gasteiger charge is -2.30. The summed E-state index contributed by atoms with van der Waals surface area (Å²) in [5.74, 6) is 1.52. The van der Waals surface area contributed by atoms with Crippen LogP contribution in [0.3, 0.4) is 0 Å². The van der Waals surface area contributed by atoms with E-state index in [1.807, 2.05) is 18.2 Å². The van der Waals surface area contributed by atoms with E-state index in [0.29, 0.717) is 41.7 Å². The third-order valence-corrected chi connectivity index (χ3v) is 6.44. The Bertz CT molecular complexity index is 987. The van der Waals surface area contributed by atoms with Gasteiger partial charge < -0.3 is 19.1 Å². The van der Waals surface area contributed by atoms with Gasteiger partial charge in [-0.15, -0.1) is 11.8 Å². The number of ether oxygens (including phenoxy) is 3. The van der Waals surface area contributed by atoms with Crippen LogP contribution in [0.15, 0.2) is 34.1 Å². The molecule has 4 rings (SSSR count). The molecule has 0 spiro atoms. The van der Waals surface area contributed by atoms with E-state index in [-0.39, 0.29) is 23.4 Å². The van der Waals surface area contributed by atoms with E-state index in [2.05, 4.69) is 5.10 Å². The van der Waals surface area contributed by atoms with E-state index in [0.717, 1.165) is 24.8 Å². The van der Waals surface area contributed by atoms with Crippen molar-refractivity contribution >= 4 is 23.4 Å². The Labute approximate surface area is 179 Å². The number of carbonyl (C=O) groups excluding carboxylic acids is 1. The van der Waals surface area contributed by atoms with E-state index in [4.69, 9.17) is 14.2 Å². The maximum Gasteiger partial charge on any atom is 0.285 e. The number of rotatable bonds is 6. The fourth-order valence-electron chi connectivity index (χ4n) is 3.76. The zero-order valence-corrected chi connectivity index (χ0v) is 17.9. The normalized spacial score (nSPS) is 18.8. The molecule has 1 saturated heterocycles. The summed E-state index contributed by atoms with van der Waals surface area (Å²) in [5.41, 5.74) is 1.40. The Morgan fingerprint density at radius 3 is 2.77 bits per heavy atom. The van der Waals surface area contributed by atoms with Crippen molar-refractivity contribution in [1.82, 2.24) is 9.78 Å². The molecule has 2 aliphatic rings. The number of nitrogens with zero attached hydrogens (tertiary/aromatic N) is 3. The number of hydrogen-bond acceptors (Lipinski definition) is 7. The standard InChI is InChI=1S/C21H25N3O5S/c1-27-16-7-6-14(11-17(16)28-2)8-9-23-15-12-22-24(19-5-3-4-10-29-19)21(26)20(15)30-13-18(23)25/h6-7,11-12,19H,3-5,8-10,13H2,1-2H3. The van der Waals surface area contributed by atoms with Crippen molar-refractivity contribution in [3.05, 3.63) is 40.3 Å². The van der Waals surface area contributed by atoms with Crippen LogP contribution in [-0.4, -0.2) is 48.8 Å². The van der Waals surface area contributed by atoms with Gasteiger partial charge >= 0.3 is 0 Å². The smallest absolute Gasteiger partial charge is 0.285 e. The van der Waals surface area contributed by atoms with E-state index in [1.54, 1.807) is 25.3 Å². The molecule has 1 unspecified atom stereocenters. The van der Waals surface area contributed by atoms with Crippen LogP contribution in [0.1, 0.15) is 31.1 Å². The molecule has 1 aromatic heterocycles. The second-order valence-electron chi connectivity index (χ2n) is 7.20. The predicted octanol–water partition coefficient (Wildman–Crippen LogP) is 2.64. The van der Waals surface area contributed by atoms with Gasteiger partial charge in [0.2, 0.25) is 5.91 Å². The van der Waals surface area contributed by atoms with Crippen molar-refractivity contribution < 1.29 is 19.0 Å². The molecule has 0 bridgehead atoms. The molecule has 0 N–H and O–H groups in total. The first-order valence-electron chi connectivity index (χ1n) is 10.00. The van der Waals surface area contributed by atoms with Crippen LogP contribution in [0, 0.1) is 0 Å². The molecule has 0 radical (unpaired) electrons. The van der Waals surface area contributed by atoms with Gasteiger partial charge in [0.25, 0.3) is 5.56 Å². The van der Waals surface area contributed by atoms with Crippen LogP contribution >= 0.6 is 11.8 Å². The molecule has 0 aliphatic carbocycles. The van der Waals surface area contributed by atoms with E-state index in [9.17, 15) is 9.59 Å². The number of aromatic nitrogens is 2. The SMILES string of the molecule is COc1ccc(CCN2C(=O)CSc3c2cnn(C2CCCCO2)c3=O)cc1OC. The summed E-state index contributed by atoms with van der Waals surface area (Å²) in [4.78, 5) is 27.8. The number of thioether (sulfide) groups is 1. The first kappa shape index (κ1) is 20.7. The average molecular weight is 432 g/mol. The van der Waals surface area contributed by atoms with Crippen LogP contribution in [0.25, 0.3) is 0 Å². The minimum atomic E-state index is -0.324. The Kier molecular flexibility index (Phi) is 6.29. The van der Waals surface area contributed by atoms with E-state index < -0.39 is 0 Å². The second kappa shape index (κ2) is 9.09. The summed E-state index contributed by atoms with van der Waals surface area (Å²) in [6.07, 6.45) is 4.70. The highest BCUT2D eigenvalue weighted by Crippen LogP contribution is 2.33. The summed E-state index contributed by atoms with van der Waals surface area (Å²) in [6, 6.07) is 5.70. The molecule has 8 nitrogen and oxygen atoms in total. The van der Waals surface area contributed by atoms with Gasteiger partial charge in [0.1, 0.15) is 4.90 Å². The third kappa shape index (κ3) is 4.04. The second-order valence-corrected chi connectivity index (χ2v) is 8.19. The van der Waals surface area contributed by atoms with E-state index in [1.165, 1.54) is 16.4 Å². The number of amides is 1. The lowest BCUT2D eigenvalue weighted by molar-refractivity contribution is -0.116. The number of benzene rings is 1. The largest absolute Gasteiger partial charge is 0.493 e. The number of carbonyl (C=O) groups is 1. The lowest BCUT2D eigenvalue weighted by Crippen LogP contribution is -2.41. The molecule has 1 amide bonds. The Balaban J connectivity index is 1.56. The molecule has 9 heteroatoms. The highest BCUT2D eigenvalue weighted by molar-refractivity contribution is 8.00. The third-order valence-electron chi connectivity index (χ3n) is 5.37. The summed E-state index contributed by atoms with van der Waals surface area (Å²) < 4.78 is 17.8. The zero-order valence-electron chi connectivity index (χ0n) is 17.1. The summed E-state index contributed by atoms with van der Waals surface area (Å²) in [6.45, 7) is 1.09. The van der Waals surface area contributed by atoms with Gasteiger partial charge in [-0.1, -0.05) is 6.07 Å². The number of hydrogen-bond donors (Lipinski definition) is 0. The van der Waals surface area contributed by atoms with Gasteiger partial charge in [0.15, 0.2) is 17.7 Å². The molecule has 0 saturated carbocycles. The van der Waals surface area contributed by atoms with Gasteiger partial charge in [-0.25, -0.2) is 0 Å². The first-order chi connectivity index (χ1) is 14.6. The topological polar surface area (TPSA) is 82.9 Å². The predicted molar refractivity (Wildman–Crippen MR) is 114 cm³/mol. The van der Waals surface area contributed by atoms with Crippen molar-refractivity contribution in [2.45, 2.75) is 36.8 Å². The van der Waals surface area contributed by atoms with Gasteiger partial charge in [0, 0.05) is 13.2 Å². The minimum absolute atomic E-state index is 0.0270. The summed E-state index contributed by atoms with van der Waals surface area (Å²) >= 11 is 1.28. The zero-order chi connectivity index (χ0) is 21.1. The molecular weight excluding hydrogens is 406 g/mol. The molecule has 30 heavy (non-hydrogen) atoms. The molecule has 160 valence electrons. The molecule has 3 heterocycles. The fourth-order valence-corrected chi connectivity index (χ4v) is 4.71. The van der Waals surface area contributed by atoms with Crippen molar-refractivity contribution in [1.29, 1.82) is 0 Å². The fraction of sp³-hybridized carbons (Fsp3) is 0.476. The first-order valence-corrected chi connectivity index (χ1v) is 11.0. The lowest BCUT2D eigenvalue weighted by atomic mass is 10.1. The average Bonchev–Trinajstić information content (AvgIpc) is 2.79. The minimum Gasteiger partial charge on any atom is -0.493 e. The van der Waals surface area contributed by atoms with Crippen LogP contribution in [0.2, 0.25) is 0 Å². The molecule has 2 aliphatic heterocycles. The Hall–Kier alpha value is -2.52. The molecule has 1 aromatic carbocycles. The van der Waals surface area contributed by atoms with Crippen molar-refractivity contribution in [2.24, 2.45) is 0 Å². The number of methoxy groups -OCH3 is 2. The maximum atomic E-state index is 13.0.